The van der Waals surface area contributed by atoms with Crippen molar-refractivity contribution in [3.05, 3.63) is 0 Å². The SMILES string of the molecule is CCCCC(C)=O.CCCCC1OC1(C1CCCCC1)C1CCCCC1.CCCCCC.CCCCCCO. The maximum absolute atomic E-state index is 10.2. The lowest BCUT2D eigenvalue weighted by Gasteiger charge is -2.36. The van der Waals surface area contributed by atoms with Gasteiger partial charge < -0.3 is 14.6 Å². The van der Waals surface area contributed by atoms with E-state index in [2.05, 4.69) is 34.6 Å². The molecule has 2 saturated carbocycles. The van der Waals surface area contributed by atoms with Crippen molar-refractivity contribution in [2.24, 2.45) is 11.8 Å². The third kappa shape index (κ3) is 17.9. The number of carbonyl (C=O) groups excluding carboxylic acids is 1. The summed E-state index contributed by atoms with van der Waals surface area (Å²) in [6.07, 6.45) is 32.4. The van der Waals surface area contributed by atoms with E-state index in [0.717, 1.165) is 37.5 Å². The van der Waals surface area contributed by atoms with Gasteiger partial charge in [-0.05, 0) is 63.7 Å². The van der Waals surface area contributed by atoms with Crippen LogP contribution in [-0.2, 0) is 9.53 Å². The van der Waals surface area contributed by atoms with Crippen LogP contribution < -0.4 is 0 Å². The summed E-state index contributed by atoms with van der Waals surface area (Å²) in [6, 6.07) is 0. The molecule has 0 radical (unpaired) electrons. The smallest absolute Gasteiger partial charge is 0.129 e. The van der Waals surface area contributed by atoms with Gasteiger partial charge in [-0.25, -0.2) is 0 Å². The summed E-state index contributed by atoms with van der Waals surface area (Å²) in [5, 5.41) is 8.29. The van der Waals surface area contributed by atoms with Crippen molar-refractivity contribution < 1.29 is 14.6 Å². The Labute approximate surface area is 246 Å². The Morgan fingerprint density at radius 2 is 1.08 bits per heavy atom. The summed E-state index contributed by atoms with van der Waals surface area (Å²) in [5.74, 6) is 2.12. The van der Waals surface area contributed by atoms with E-state index in [1.165, 1.54) is 128 Å². The van der Waals surface area contributed by atoms with Gasteiger partial charge >= 0.3 is 0 Å². The van der Waals surface area contributed by atoms with Crippen LogP contribution in [0.5, 0.6) is 0 Å². The van der Waals surface area contributed by atoms with Crippen LogP contribution in [0.4, 0.5) is 0 Å². The molecule has 3 fully saturated rings. The largest absolute Gasteiger partial charge is 0.396 e. The highest BCUT2D eigenvalue weighted by Gasteiger charge is 2.63. The summed E-state index contributed by atoms with van der Waals surface area (Å²) in [5.41, 5.74) is 0.357. The Morgan fingerprint density at radius 1 is 0.641 bits per heavy atom. The zero-order chi connectivity index (χ0) is 29.2. The molecule has 1 aliphatic heterocycles. The third-order valence-electron chi connectivity index (χ3n) is 8.95. The zero-order valence-electron chi connectivity index (χ0n) is 27.7. The first kappa shape index (κ1) is 38.6. The molecule has 0 spiro atoms. The number of aliphatic hydroxyl groups is 1. The zero-order valence-corrected chi connectivity index (χ0v) is 27.7. The minimum atomic E-state index is 0.307. The molecule has 3 nitrogen and oxygen atoms in total. The van der Waals surface area contributed by atoms with Gasteiger partial charge in [0.05, 0.1) is 6.10 Å². The number of epoxide rings is 1. The highest BCUT2D eigenvalue weighted by atomic mass is 16.6. The van der Waals surface area contributed by atoms with Crippen molar-refractivity contribution in [3.8, 4) is 0 Å². The highest BCUT2D eigenvalue weighted by molar-refractivity contribution is 5.75. The normalized spacial score (nSPS) is 20.4. The average Bonchev–Trinajstić information content (AvgIpc) is 3.71. The molecule has 0 aromatic carbocycles. The van der Waals surface area contributed by atoms with Gasteiger partial charge in [0, 0.05) is 13.0 Å². The van der Waals surface area contributed by atoms with E-state index < -0.39 is 0 Å². The van der Waals surface area contributed by atoms with E-state index in [-0.39, 0.29) is 0 Å². The molecule has 0 aromatic heterocycles. The summed E-state index contributed by atoms with van der Waals surface area (Å²) in [6.45, 7) is 13.0. The van der Waals surface area contributed by atoms with Gasteiger partial charge in [-0.1, -0.05) is 137 Å². The van der Waals surface area contributed by atoms with E-state index in [1.807, 2.05) is 0 Å². The predicted molar refractivity (Wildman–Crippen MR) is 172 cm³/mol. The Balaban J connectivity index is 0.000000599. The molecule has 0 bridgehead atoms. The van der Waals surface area contributed by atoms with Crippen LogP contribution in [-0.4, -0.2) is 29.2 Å². The Kier molecular flexibility index (Phi) is 26.2. The number of ether oxygens (including phenoxy) is 1. The molecular formula is C36H72O3. The average molecular weight is 553 g/mol. The number of Topliss-reactive ketones (excluding diaryl/α,β-unsaturated/α-hetero) is 1. The lowest BCUT2D eigenvalue weighted by Crippen LogP contribution is -2.38. The van der Waals surface area contributed by atoms with E-state index in [4.69, 9.17) is 9.84 Å². The van der Waals surface area contributed by atoms with E-state index in [1.54, 1.807) is 6.92 Å². The molecule has 1 heterocycles. The molecule has 0 aromatic rings. The molecule has 1 atom stereocenters. The number of unbranched alkanes of at least 4 members (excludes halogenated alkanes) is 8. The van der Waals surface area contributed by atoms with Crippen molar-refractivity contribution in [1.29, 1.82) is 0 Å². The van der Waals surface area contributed by atoms with Gasteiger partial charge in [-0.15, -0.1) is 0 Å². The molecule has 1 N–H and O–H groups in total. The molecule has 3 heteroatoms. The van der Waals surface area contributed by atoms with Crippen LogP contribution in [0.1, 0.15) is 196 Å². The van der Waals surface area contributed by atoms with Gasteiger partial charge in [0.2, 0.25) is 0 Å². The van der Waals surface area contributed by atoms with Gasteiger partial charge in [-0.3, -0.25) is 0 Å². The Hall–Kier alpha value is -0.410. The third-order valence-corrected chi connectivity index (χ3v) is 8.95. The van der Waals surface area contributed by atoms with Crippen LogP contribution in [0.25, 0.3) is 0 Å². The second-order valence-corrected chi connectivity index (χ2v) is 12.6. The topological polar surface area (TPSA) is 49.8 Å². The van der Waals surface area contributed by atoms with E-state index >= 15 is 0 Å². The summed E-state index contributed by atoms with van der Waals surface area (Å²) < 4.78 is 6.49. The first-order chi connectivity index (χ1) is 19.0. The Morgan fingerprint density at radius 3 is 1.44 bits per heavy atom. The molecule has 0 amide bonds. The first-order valence-corrected chi connectivity index (χ1v) is 17.8. The molecule has 1 saturated heterocycles. The predicted octanol–water partition coefficient (Wildman–Crippen LogP) is 11.4. The number of ketones is 1. The monoisotopic (exact) mass is 553 g/mol. The van der Waals surface area contributed by atoms with Gasteiger partial charge in [-0.2, -0.15) is 0 Å². The molecule has 3 rings (SSSR count). The number of aliphatic hydroxyl groups excluding tert-OH is 1. The first-order valence-electron chi connectivity index (χ1n) is 17.8. The molecular weight excluding hydrogens is 480 g/mol. The quantitative estimate of drug-likeness (QED) is 0.162. The fourth-order valence-corrected chi connectivity index (χ4v) is 6.51. The highest BCUT2D eigenvalue weighted by Crippen LogP contribution is 2.58. The number of hydrogen-bond acceptors (Lipinski definition) is 3. The Bertz CT molecular complexity index is 493. The minimum absolute atomic E-state index is 0.307. The van der Waals surface area contributed by atoms with Gasteiger partial charge in [0.15, 0.2) is 0 Å². The van der Waals surface area contributed by atoms with Gasteiger partial charge in [0.1, 0.15) is 11.4 Å². The molecule has 1 unspecified atom stereocenters. The van der Waals surface area contributed by atoms with Crippen LogP contribution in [0.3, 0.4) is 0 Å². The number of carbonyl (C=O) groups is 1. The summed E-state index contributed by atoms with van der Waals surface area (Å²) >= 11 is 0. The second-order valence-electron chi connectivity index (χ2n) is 12.6. The van der Waals surface area contributed by atoms with Crippen LogP contribution >= 0.6 is 0 Å². The minimum Gasteiger partial charge on any atom is -0.396 e. The lowest BCUT2D eigenvalue weighted by molar-refractivity contribution is -0.117. The van der Waals surface area contributed by atoms with Crippen molar-refractivity contribution in [3.63, 3.8) is 0 Å². The van der Waals surface area contributed by atoms with Crippen molar-refractivity contribution >= 4 is 5.78 Å². The fraction of sp³-hybridized carbons (Fsp3) is 0.972. The van der Waals surface area contributed by atoms with Crippen LogP contribution in [0, 0.1) is 11.8 Å². The number of rotatable bonds is 15. The van der Waals surface area contributed by atoms with E-state index in [9.17, 15) is 4.79 Å². The number of hydrogen-bond donors (Lipinski definition) is 1. The van der Waals surface area contributed by atoms with Crippen LogP contribution in [0.15, 0.2) is 0 Å². The standard InChI is InChI=1S/C18H32O.C6H12O.C6H14O.C6H14/c1-2-3-14-17-18(19-17,15-10-6-4-7-11-15)16-12-8-5-9-13-16;1-3-4-5-6(2)7;1-2-3-4-5-6-7;1-3-5-6-4-2/h15-17H,2-14H2,1H3;3-5H2,1-2H3;7H,2-6H2,1H3;3-6H2,1-2H3. The molecule has 3 aliphatic rings. The molecule has 39 heavy (non-hydrogen) atoms. The van der Waals surface area contributed by atoms with Crippen molar-refractivity contribution in [2.75, 3.05) is 6.61 Å². The second kappa shape index (κ2) is 26.5. The fourth-order valence-electron chi connectivity index (χ4n) is 6.51. The molecule has 234 valence electrons. The maximum Gasteiger partial charge on any atom is 0.129 e. The molecule has 2 aliphatic carbocycles. The van der Waals surface area contributed by atoms with Gasteiger partial charge in [0.25, 0.3) is 0 Å². The van der Waals surface area contributed by atoms with Crippen LogP contribution in [0.2, 0.25) is 0 Å². The van der Waals surface area contributed by atoms with Crippen molar-refractivity contribution in [1.82, 2.24) is 0 Å². The summed E-state index contributed by atoms with van der Waals surface area (Å²) in [4.78, 5) is 10.2. The van der Waals surface area contributed by atoms with Crippen molar-refractivity contribution in [2.45, 2.75) is 207 Å². The maximum atomic E-state index is 10.2. The summed E-state index contributed by atoms with van der Waals surface area (Å²) in [7, 11) is 0. The van der Waals surface area contributed by atoms with E-state index in [0.29, 0.717) is 24.1 Å². The lowest BCUT2D eigenvalue weighted by atomic mass is 9.67.